The van der Waals surface area contributed by atoms with Crippen molar-refractivity contribution in [2.45, 2.75) is 33.0 Å². The predicted molar refractivity (Wildman–Crippen MR) is 55.0 cm³/mol. The van der Waals surface area contributed by atoms with E-state index in [0.29, 0.717) is 13.2 Å². The fourth-order valence-electron chi connectivity index (χ4n) is 1.27. The fraction of sp³-hybridized carbons (Fsp3) is 0.800. The average molecular weight is 234 g/mol. The van der Waals surface area contributed by atoms with Crippen LogP contribution in [0, 0.1) is 5.92 Å². The van der Waals surface area contributed by atoms with Gasteiger partial charge in [0.05, 0.1) is 12.3 Å². The second-order valence-corrected chi connectivity index (χ2v) is 3.21. The van der Waals surface area contributed by atoms with E-state index in [1.54, 1.807) is 13.8 Å². The zero-order valence-electron chi connectivity index (χ0n) is 9.51. The van der Waals surface area contributed by atoms with E-state index in [-0.39, 0.29) is 6.42 Å². The zero-order valence-corrected chi connectivity index (χ0v) is 9.51. The largest absolute Gasteiger partial charge is 0.481 e. The van der Waals surface area contributed by atoms with Crippen molar-refractivity contribution in [3.8, 4) is 0 Å². The van der Waals surface area contributed by atoms with Crippen LogP contribution < -0.4 is 0 Å². The van der Waals surface area contributed by atoms with Crippen molar-refractivity contribution in [3.05, 3.63) is 0 Å². The lowest BCUT2D eigenvalue weighted by atomic mass is 10.0. The molecule has 6 heteroatoms. The maximum absolute atomic E-state index is 10.8. The summed E-state index contributed by atoms with van der Waals surface area (Å²) in [5, 5.41) is 17.4. The van der Waals surface area contributed by atoms with Crippen molar-refractivity contribution in [1.29, 1.82) is 0 Å². The molecule has 0 bridgehead atoms. The number of hydrogen-bond donors (Lipinski definition) is 2. The van der Waals surface area contributed by atoms with E-state index < -0.39 is 30.6 Å². The zero-order chi connectivity index (χ0) is 12.6. The van der Waals surface area contributed by atoms with E-state index in [1.165, 1.54) is 0 Å². The minimum Gasteiger partial charge on any atom is -0.481 e. The summed E-state index contributed by atoms with van der Waals surface area (Å²) in [6, 6.07) is 0. The Hall–Kier alpha value is -1.14. The van der Waals surface area contributed by atoms with Gasteiger partial charge in [0.1, 0.15) is 0 Å². The van der Waals surface area contributed by atoms with Crippen LogP contribution >= 0.6 is 0 Å². The van der Waals surface area contributed by atoms with Gasteiger partial charge in [-0.3, -0.25) is 9.59 Å². The van der Waals surface area contributed by atoms with Crippen molar-refractivity contribution in [2.75, 3.05) is 13.2 Å². The van der Waals surface area contributed by atoms with Crippen LogP contribution in [0.25, 0.3) is 0 Å². The van der Waals surface area contributed by atoms with Gasteiger partial charge in [-0.15, -0.1) is 0 Å². The predicted octanol–water partition coefficient (Wildman–Crippen LogP) is 0.951. The molecule has 0 saturated heterocycles. The fourth-order valence-corrected chi connectivity index (χ4v) is 1.27. The maximum atomic E-state index is 10.8. The molecule has 0 spiro atoms. The molecule has 2 N–H and O–H groups in total. The van der Waals surface area contributed by atoms with Gasteiger partial charge in [-0.05, 0) is 13.8 Å². The highest BCUT2D eigenvalue weighted by molar-refractivity contribution is 5.77. The van der Waals surface area contributed by atoms with E-state index >= 15 is 0 Å². The number of hydrogen-bond acceptors (Lipinski definition) is 4. The molecule has 6 nitrogen and oxygen atoms in total. The summed E-state index contributed by atoms with van der Waals surface area (Å²) in [4.78, 5) is 21.3. The Labute approximate surface area is 94.2 Å². The molecule has 0 aliphatic rings. The Bertz CT molecular complexity index is 221. The summed E-state index contributed by atoms with van der Waals surface area (Å²) in [6.07, 6.45) is -1.04. The van der Waals surface area contributed by atoms with Crippen LogP contribution in [0.2, 0.25) is 0 Å². The molecule has 0 aromatic carbocycles. The van der Waals surface area contributed by atoms with Gasteiger partial charge in [0.15, 0.2) is 6.29 Å². The molecule has 1 unspecified atom stereocenters. The molecule has 0 rings (SSSR count). The van der Waals surface area contributed by atoms with Crippen LogP contribution in [-0.2, 0) is 19.1 Å². The molecule has 0 amide bonds. The Morgan fingerprint density at radius 1 is 1.12 bits per heavy atom. The third-order valence-corrected chi connectivity index (χ3v) is 1.95. The molecular formula is C10H18O6. The van der Waals surface area contributed by atoms with Crippen LogP contribution in [0.5, 0.6) is 0 Å². The van der Waals surface area contributed by atoms with Gasteiger partial charge in [-0.25, -0.2) is 0 Å². The van der Waals surface area contributed by atoms with Crippen molar-refractivity contribution in [2.24, 2.45) is 5.92 Å². The number of carboxylic acid groups (broad SMARTS) is 2. The van der Waals surface area contributed by atoms with Crippen molar-refractivity contribution in [1.82, 2.24) is 0 Å². The van der Waals surface area contributed by atoms with Crippen LogP contribution in [-0.4, -0.2) is 41.7 Å². The molecule has 16 heavy (non-hydrogen) atoms. The third kappa shape index (κ3) is 6.36. The second-order valence-electron chi connectivity index (χ2n) is 3.21. The quantitative estimate of drug-likeness (QED) is 0.577. The lowest BCUT2D eigenvalue weighted by molar-refractivity contribution is -0.164. The summed E-state index contributed by atoms with van der Waals surface area (Å²) in [7, 11) is 0. The molecule has 0 aliphatic carbocycles. The monoisotopic (exact) mass is 234 g/mol. The van der Waals surface area contributed by atoms with Gasteiger partial charge >= 0.3 is 11.9 Å². The van der Waals surface area contributed by atoms with Crippen molar-refractivity contribution in [3.63, 3.8) is 0 Å². The highest BCUT2D eigenvalue weighted by Crippen LogP contribution is 2.15. The third-order valence-electron chi connectivity index (χ3n) is 1.95. The molecule has 0 aromatic rings. The second kappa shape index (κ2) is 8.06. The maximum Gasteiger partial charge on any atom is 0.307 e. The molecule has 0 fully saturated rings. The van der Waals surface area contributed by atoms with Gasteiger partial charge in [0, 0.05) is 19.6 Å². The van der Waals surface area contributed by atoms with E-state index in [1.807, 2.05) is 0 Å². The number of carboxylic acids is 2. The Morgan fingerprint density at radius 3 is 1.94 bits per heavy atom. The Kier molecular flexibility index (Phi) is 7.49. The standard InChI is InChI=1S/C10H18O6/c1-3-15-9(16-4-2)6-7(10(13)14)5-8(11)12/h7,9H,3-6H2,1-2H3,(H,11,12)(H,13,14). The Balaban J connectivity index is 4.31. The summed E-state index contributed by atoms with van der Waals surface area (Å²) in [5.74, 6) is -3.27. The first-order valence-electron chi connectivity index (χ1n) is 5.19. The molecular weight excluding hydrogens is 216 g/mol. The van der Waals surface area contributed by atoms with Crippen molar-refractivity contribution >= 4 is 11.9 Å². The topological polar surface area (TPSA) is 93.1 Å². The normalized spacial score (nSPS) is 12.7. The number of ether oxygens (including phenoxy) is 2. The smallest absolute Gasteiger partial charge is 0.307 e. The van der Waals surface area contributed by atoms with E-state index in [9.17, 15) is 9.59 Å². The van der Waals surface area contributed by atoms with Crippen LogP contribution in [0.3, 0.4) is 0 Å². The van der Waals surface area contributed by atoms with Crippen LogP contribution in [0.1, 0.15) is 26.7 Å². The molecule has 94 valence electrons. The van der Waals surface area contributed by atoms with E-state index in [0.717, 1.165) is 0 Å². The molecule has 0 aromatic heterocycles. The molecule has 0 heterocycles. The van der Waals surface area contributed by atoms with Gasteiger partial charge < -0.3 is 19.7 Å². The van der Waals surface area contributed by atoms with Gasteiger partial charge in [0.2, 0.25) is 0 Å². The number of rotatable bonds is 9. The van der Waals surface area contributed by atoms with Gasteiger partial charge in [-0.1, -0.05) is 0 Å². The highest BCUT2D eigenvalue weighted by atomic mass is 16.7. The number of aliphatic carboxylic acids is 2. The SMILES string of the molecule is CCOC(CC(CC(=O)O)C(=O)O)OCC. The van der Waals surface area contributed by atoms with Crippen LogP contribution in [0.4, 0.5) is 0 Å². The Morgan fingerprint density at radius 2 is 1.62 bits per heavy atom. The number of carbonyl (C=O) groups is 2. The van der Waals surface area contributed by atoms with Crippen molar-refractivity contribution < 1.29 is 29.3 Å². The van der Waals surface area contributed by atoms with E-state index in [4.69, 9.17) is 19.7 Å². The lowest BCUT2D eigenvalue weighted by Gasteiger charge is -2.19. The lowest BCUT2D eigenvalue weighted by Crippen LogP contribution is -2.27. The average Bonchev–Trinajstić information content (AvgIpc) is 2.16. The molecule has 1 atom stereocenters. The highest BCUT2D eigenvalue weighted by Gasteiger charge is 2.25. The summed E-state index contributed by atoms with van der Waals surface area (Å²) >= 11 is 0. The first-order chi connectivity index (χ1) is 7.51. The molecule has 0 radical (unpaired) electrons. The minimum atomic E-state index is -1.15. The van der Waals surface area contributed by atoms with Gasteiger partial charge in [0.25, 0.3) is 0 Å². The summed E-state index contributed by atoms with van der Waals surface area (Å²) < 4.78 is 10.3. The minimum absolute atomic E-state index is 0.0450. The summed E-state index contributed by atoms with van der Waals surface area (Å²) in [5.41, 5.74) is 0. The first kappa shape index (κ1) is 14.9. The van der Waals surface area contributed by atoms with E-state index in [2.05, 4.69) is 0 Å². The molecule has 0 saturated carbocycles. The van der Waals surface area contributed by atoms with Gasteiger partial charge in [-0.2, -0.15) is 0 Å². The van der Waals surface area contributed by atoms with Crippen LogP contribution in [0.15, 0.2) is 0 Å². The first-order valence-corrected chi connectivity index (χ1v) is 5.19. The summed E-state index contributed by atoms with van der Waals surface area (Å²) in [6.45, 7) is 4.31. The molecule has 0 aliphatic heterocycles.